The molecule has 0 radical (unpaired) electrons. The number of nitrogens with zero attached hydrogens (tertiary/aromatic N) is 2. The first-order valence-electron chi connectivity index (χ1n) is 4.41. The van der Waals surface area contributed by atoms with E-state index in [0.717, 1.165) is 12.8 Å². The first kappa shape index (κ1) is 8.44. The summed E-state index contributed by atoms with van der Waals surface area (Å²) >= 11 is 0. The third-order valence-corrected chi connectivity index (χ3v) is 2.05. The van der Waals surface area contributed by atoms with Crippen LogP contribution < -0.4 is 0 Å². The second-order valence-corrected chi connectivity index (χ2v) is 3.06. The molecule has 0 saturated heterocycles. The fraction of sp³-hybridized carbons (Fsp3) is 0.556. The van der Waals surface area contributed by atoms with Crippen molar-refractivity contribution < 1.29 is 9.15 Å². The van der Waals surface area contributed by atoms with Gasteiger partial charge in [0.2, 0.25) is 11.8 Å². The molecule has 0 amide bonds. The number of hydrogen-bond acceptors (Lipinski definition) is 4. The Hall–Kier alpha value is -1.16. The van der Waals surface area contributed by atoms with Gasteiger partial charge in [-0.25, -0.2) is 0 Å². The van der Waals surface area contributed by atoms with Crippen LogP contribution in [-0.2, 0) is 11.3 Å². The Kier molecular flexibility index (Phi) is 2.40. The van der Waals surface area contributed by atoms with E-state index in [2.05, 4.69) is 16.3 Å². The topological polar surface area (TPSA) is 48.2 Å². The first-order chi connectivity index (χ1) is 6.40. The molecule has 4 heteroatoms. The Morgan fingerprint density at radius 3 is 3.15 bits per heavy atom. The Labute approximate surface area is 76.6 Å². The normalized spacial score (nSPS) is 16.2. The highest BCUT2D eigenvalue weighted by atomic mass is 16.5. The molecule has 0 bridgehead atoms. The molecule has 1 aliphatic carbocycles. The molecule has 0 unspecified atom stereocenters. The van der Waals surface area contributed by atoms with Crippen LogP contribution in [0, 0.1) is 0 Å². The minimum atomic E-state index is 0.389. The van der Waals surface area contributed by atoms with Crippen molar-refractivity contribution in [2.45, 2.75) is 25.9 Å². The van der Waals surface area contributed by atoms with Gasteiger partial charge >= 0.3 is 0 Å². The number of rotatable bonds is 3. The minimum absolute atomic E-state index is 0.389. The molecule has 70 valence electrons. The lowest BCUT2D eigenvalue weighted by molar-refractivity contribution is 0.159. The molecule has 0 N–H and O–H groups in total. The number of methoxy groups -OCH3 is 1. The quantitative estimate of drug-likeness (QED) is 0.711. The Morgan fingerprint density at radius 2 is 2.46 bits per heavy atom. The predicted octanol–water partition coefficient (Wildman–Crippen LogP) is 1.78. The highest BCUT2D eigenvalue weighted by Crippen LogP contribution is 2.26. The number of hydrogen-bond donors (Lipinski definition) is 0. The highest BCUT2D eigenvalue weighted by molar-refractivity contribution is 5.59. The van der Waals surface area contributed by atoms with Crippen LogP contribution in [-0.4, -0.2) is 17.3 Å². The van der Waals surface area contributed by atoms with E-state index in [4.69, 9.17) is 9.15 Å². The van der Waals surface area contributed by atoms with Crippen LogP contribution in [0.4, 0.5) is 0 Å². The SMILES string of the molecule is COCc1nnc(C2=CCCC2)o1. The van der Waals surface area contributed by atoms with Crippen molar-refractivity contribution in [1.82, 2.24) is 10.2 Å². The maximum absolute atomic E-state index is 5.39. The van der Waals surface area contributed by atoms with Crippen LogP contribution in [0.5, 0.6) is 0 Å². The van der Waals surface area contributed by atoms with Gasteiger partial charge in [0, 0.05) is 12.7 Å². The zero-order chi connectivity index (χ0) is 9.10. The van der Waals surface area contributed by atoms with E-state index in [1.165, 1.54) is 12.0 Å². The monoisotopic (exact) mass is 180 g/mol. The molecule has 1 aromatic rings. The smallest absolute Gasteiger partial charge is 0.243 e. The zero-order valence-electron chi connectivity index (χ0n) is 7.62. The van der Waals surface area contributed by atoms with Gasteiger partial charge in [0.1, 0.15) is 6.61 Å². The molecule has 0 aliphatic heterocycles. The molecule has 0 saturated carbocycles. The number of ether oxygens (including phenoxy) is 1. The molecule has 2 rings (SSSR count). The molecule has 0 fully saturated rings. The highest BCUT2D eigenvalue weighted by Gasteiger charge is 2.13. The molecule has 0 atom stereocenters. The Bertz CT molecular complexity index is 317. The van der Waals surface area contributed by atoms with Crippen LogP contribution in [0.15, 0.2) is 10.5 Å². The summed E-state index contributed by atoms with van der Waals surface area (Å²) in [4.78, 5) is 0. The van der Waals surface area contributed by atoms with Crippen LogP contribution in [0.1, 0.15) is 31.0 Å². The summed E-state index contributed by atoms with van der Waals surface area (Å²) in [6.07, 6.45) is 5.52. The summed E-state index contributed by atoms with van der Waals surface area (Å²) in [7, 11) is 1.61. The van der Waals surface area contributed by atoms with Crippen molar-refractivity contribution in [3.63, 3.8) is 0 Å². The van der Waals surface area contributed by atoms with Crippen molar-refractivity contribution in [3.05, 3.63) is 17.9 Å². The number of allylic oxidation sites excluding steroid dienone is 2. The van der Waals surface area contributed by atoms with Crippen LogP contribution in [0.25, 0.3) is 5.57 Å². The summed E-state index contributed by atoms with van der Waals surface area (Å²) in [6.45, 7) is 0.389. The lowest BCUT2D eigenvalue weighted by Gasteiger charge is -1.92. The summed E-state index contributed by atoms with van der Waals surface area (Å²) in [5.41, 5.74) is 1.18. The molecule has 13 heavy (non-hydrogen) atoms. The van der Waals surface area contributed by atoms with E-state index in [1.807, 2.05) is 0 Å². The van der Waals surface area contributed by atoms with Gasteiger partial charge in [0.25, 0.3) is 0 Å². The molecule has 4 nitrogen and oxygen atoms in total. The first-order valence-corrected chi connectivity index (χ1v) is 4.41. The second-order valence-electron chi connectivity index (χ2n) is 3.06. The zero-order valence-corrected chi connectivity index (χ0v) is 7.62. The van der Waals surface area contributed by atoms with Gasteiger partial charge in [0.05, 0.1) is 0 Å². The van der Waals surface area contributed by atoms with E-state index >= 15 is 0 Å². The standard InChI is InChI=1S/C9H12N2O2/c1-12-6-8-10-11-9(13-8)7-4-2-3-5-7/h4H,2-3,5-6H2,1H3. The average molecular weight is 180 g/mol. The van der Waals surface area contributed by atoms with E-state index in [0.29, 0.717) is 18.4 Å². The summed E-state index contributed by atoms with van der Waals surface area (Å²) in [6, 6.07) is 0. The predicted molar refractivity (Wildman–Crippen MR) is 46.8 cm³/mol. The van der Waals surface area contributed by atoms with Crippen LogP contribution in [0.2, 0.25) is 0 Å². The summed E-state index contributed by atoms with van der Waals surface area (Å²) in [5.74, 6) is 1.20. The minimum Gasteiger partial charge on any atom is -0.419 e. The van der Waals surface area contributed by atoms with Gasteiger partial charge in [-0.1, -0.05) is 6.08 Å². The number of aromatic nitrogens is 2. The Morgan fingerprint density at radius 1 is 1.54 bits per heavy atom. The second kappa shape index (κ2) is 3.70. The fourth-order valence-electron chi connectivity index (χ4n) is 1.43. The molecule has 0 aromatic carbocycles. The van der Waals surface area contributed by atoms with E-state index < -0.39 is 0 Å². The average Bonchev–Trinajstić information content (AvgIpc) is 2.70. The fourth-order valence-corrected chi connectivity index (χ4v) is 1.43. The molecule has 0 spiro atoms. The lowest BCUT2D eigenvalue weighted by atomic mass is 10.2. The third kappa shape index (κ3) is 1.78. The molecule has 1 aliphatic rings. The van der Waals surface area contributed by atoms with Gasteiger partial charge in [-0.05, 0) is 19.3 Å². The van der Waals surface area contributed by atoms with Crippen molar-refractivity contribution in [2.24, 2.45) is 0 Å². The maximum Gasteiger partial charge on any atom is 0.243 e. The van der Waals surface area contributed by atoms with Crippen molar-refractivity contribution in [3.8, 4) is 0 Å². The third-order valence-electron chi connectivity index (χ3n) is 2.05. The van der Waals surface area contributed by atoms with Crippen molar-refractivity contribution in [1.29, 1.82) is 0 Å². The Balaban J connectivity index is 2.12. The van der Waals surface area contributed by atoms with Gasteiger partial charge in [-0.15, -0.1) is 10.2 Å². The van der Waals surface area contributed by atoms with Crippen LogP contribution in [0.3, 0.4) is 0 Å². The van der Waals surface area contributed by atoms with Gasteiger partial charge < -0.3 is 9.15 Å². The maximum atomic E-state index is 5.39. The van der Waals surface area contributed by atoms with Gasteiger partial charge in [-0.3, -0.25) is 0 Å². The van der Waals surface area contributed by atoms with Crippen molar-refractivity contribution >= 4 is 5.57 Å². The molecule has 1 heterocycles. The molecule has 1 aromatic heterocycles. The van der Waals surface area contributed by atoms with E-state index in [-0.39, 0.29) is 0 Å². The van der Waals surface area contributed by atoms with E-state index in [9.17, 15) is 0 Å². The van der Waals surface area contributed by atoms with Crippen molar-refractivity contribution in [2.75, 3.05) is 7.11 Å². The lowest BCUT2D eigenvalue weighted by Crippen LogP contribution is -1.85. The summed E-state index contributed by atoms with van der Waals surface area (Å²) < 4.78 is 10.3. The van der Waals surface area contributed by atoms with E-state index in [1.54, 1.807) is 7.11 Å². The molecular formula is C9H12N2O2. The van der Waals surface area contributed by atoms with Crippen LogP contribution >= 0.6 is 0 Å². The van der Waals surface area contributed by atoms with Gasteiger partial charge in [-0.2, -0.15) is 0 Å². The largest absolute Gasteiger partial charge is 0.419 e. The summed E-state index contributed by atoms with van der Waals surface area (Å²) in [5, 5.41) is 7.82. The van der Waals surface area contributed by atoms with Gasteiger partial charge in [0.15, 0.2) is 0 Å². The molecular weight excluding hydrogens is 168 g/mol.